The molecule has 0 heterocycles. The maximum absolute atomic E-state index is 5.79. The molecule has 0 nitrogen and oxygen atoms in total. The van der Waals surface area contributed by atoms with Crippen molar-refractivity contribution in [2.24, 2.45) is 0 Å². The van der Waals surface area contributed by atoms with Crippen LogP contribution in [-0.4, -0.2) is 6.00 Å². The normalized spacial score (nSPS) is 11.3. The lowest BCUT2D eigenvalue weighted by Gasteiger charge is -2.10. The lowest BCUT2D eigenvalue weighted by Crippen LogP contribution is -2.08. The molecule has 0 bridgehead atoms. The van der Waals surface area contributed by atoms with Gasteiger partial charge in [0.1, 0.15) is 0 Å². The Kier molecular flexibility index (Phi) is 3.86. The Morgan fingerprint density at radius 1 is 1.15 bits per heavy atom. The lowest BCUT2D eigenvalue weighted by atomic mass is 10.1. The van der Waals surface area contributed by atoms with E-state index in [2.05, 4.69) is 6.58 Å². The predicted molar refractivity (Wildman–Crippen MR) is 63.6 cm³/mol. The molecule has 0 aliphatic rings. The number of benzene rings is 1. The van der Waals surface area contributed by atoms with E-state index in [1.807, 2.05) is 30.3 Å². The van der Waals surface area contributed by atoms with E-state index in [4.69, 9.17) is 33.2 Å². The summed E-state index contributed by atoms with van der Waals surface area (Å²) in [6.07, 6.45) is 0. The Balaban J connectivity index is 2.71. The first-order valence-electron chi connectivity index (χ1n) is 3.79. The maximum atomic E-state index is 5.79. The highest BCUT2D eigenvalue weighted by atomic mass is 35.8. The van der Waals surface area contributed by atoms with Crippen molar-refractivity contribution in [3.8, 4) is 0 Å². The van der Waals surface area contributed by atoms with Gasteiger partial charge in [-0.05, 0) is 11.1 Å². The van der Waals surface area contributed by atoms with Gasteiger partial charge < -0.3 is 0 Å². The van der Waals surface area contributed by atoms with Gasteiger partial charge in [-0.3, -0.25) is 0 Å². The van der Waals surface area contributed by atoms with E-state index in [1.54, 1.807) is 0 Å². The van der Waals surface area contributed by atoms with Crippen molar-refractivity contribution in [3.63, 3.8) is 0 Å². The van der Waals surface area contributed by atoms with Crippen LogP contribution < -0.4 is 0 Å². The van der Waals surface area contributed by atoms with Crippen LogP contribution in [0.5, 0.6) is 0 Å². The summed E-state index contributed by atoms with van der Waals surface area (Å²) in [4.78, 5) is 0. The SMILES string of the molecule is C=C(C[Si](Cl)(Cl)Cl)c1ccccc1. The molecule has 0 fully saturated rings. The van der Waals surface area contributed by atoms with Gasteiger partial charge >= 0.3 is 6.00 Å². The molecule has 0 unspecified atom stereocenters. The number of hydrogen-bond donors (Lipinski definition) is 0. The monoisotopic (exact) mass is 250 g/mol. The summed E-state index contributed by atoms with van der Waals surface area (Å²) in [5.41, 5.74) is 1.94. The Bertz CT molecular complexity index is 289. The zero-order valence-electron chi connectivity index (χ0n) is 6.93. The molecule has 0 amide bonds. The van der Waals surface area contributed by atoms with E-state index in [9.17, 15) is 0 Å². The van der Waals surface area contributed by atoms with Crippen molar-refractivity contribution in [3.05, 3.63) is 42.5 Å². The first-order valence-corrected chi connectivity index (χ1v) is 9.03. The van der Waals surface area contributed by atoms with Crippen molar-refractivity contribution in [2.75, 3.05) is 0 Å². The Labute approximate surface area is 93.2 Å². The van der Waals surface area contributed by atoms with E-state index < -0.39 is 6.00 Å². The van der Waals surface area contributed by atoms with Gasteiger partial charge in [0.15, 0.2) is 0 Å². The molecule has 0 spiro atoms. The minimum atomic E-state index is -2.59. The van der Waals surface area contributed by atoms with E-state index in [1.165, 1.54) is 0 Å². The van der Waals surface area contributed by atoms with E-state index in [0.717, 1.165) is 11.1 Å². The van der Waals surface area contributed by atoms with Gasteiger partial charge in [0, 0.05) is 6.04 Å². The first-order chi connectivity index (χ1) is 5.99. The average molecular weight is 252 g/mol. The van der Waals surface area contributed by atoms with Crippen LogP contribution in [0.2, 0.25) is 6.04 Å². The minimum absolute atomic E-state index is 0.488. The van der Waals surface area contributed by atoms with Crippen molar-refractivity contribution < 1.29 is 0 Å². The van der Waals surface area contributed by atoms with Crippen molar-refractivity contribution in [2.45, 2.75) is 6.04 Å². The van der Waals surface area contributed by atoms with Gasteiger partial charge in [0.05, 0.1) is 0 Å². The molecule has 1 aromatic carbocycles. The summed E-state index contributed by atoms with van der Waals surface area (Å²) >= 11 is 17.4. The molecular weight excluding hydrogens is 243 g/mol. The zero-order valence-corrected chi connectivity index (χ0v) is 10.2. The summed E-state index contributed by atoms with van der Waals surface area (Å²) < 4.78 is 0. The van der Waals surface area contributed by atoms with E-state index in [-0.39, 0.29) is 0 Å². The fourth-order valence-corrected chi connectivity index (χ4v) is 3.16. The summed E-state index contributed by atoms with van der Waals surface area (Å²) in [5.74, 6) is 0. The molecule has 0 aromatic heterocycles. The number of halogens is 3. The third kappa shape index (κ3) is 4.18. The van der Waals surface area contributed by atoms with Gasteiger partial charge in [-0.2, -0.15) is 0 Å². The second kappa shape index (κ2) is 4.51. The van der Waals surface area contributed by atoms with Gasteiger partial charge in [0.25, 0.3) is 0 Å². The maximum Gasteiger partial charge on any atom is 0.345 e. The quantitative estimate of drug-likeness (QED) is 0.553. The van der Waals surface area contributed by atoms with Gasteiger partial charge in [-0.1, -0.05) is 36.9 Å². The van der Waals surface area contributed by atoms with Gasteiger partial charge in [-0.25, -0.2) is 0 Å². The van der Waals surface area contributed by atoms with Crippen molar-refractivity contribution >= 4 is 44.8 Å². The third-order valence-electron chi connectivity index (χ3n) is 1.60. The zero-order chi connectivity index (χ0) is 9.90. The lowest BCUT2D eigenvalue weighted by molar-refractivity contribution is 1.57. The molecule has 4 heteroatoms. The Morgan fingerprint density at radius 3 is 2.15 bits per heavy atom. The van der Waals surface area contributed by atoms with Crippen molar-refractivity contribution in [1.29, 1.82) is 0 Å². The Morgan fingerprint density at radius 2 is 1.69 bits per heavy atom. The second-order valence-corrected chi connectivity index (χ2v) is 11.9. The van der Waals surface area contributed by atoms with Crippen LogP contribution in [0.1, 0.15) is 5.56 Å². The predicted octanol–water partition coefficient (Wildman–Crippen LogP) is 4.36. The fourth-order valence-electron chi connectivity index (χ4n) is 1.02. The number of allylic oxidation sites excluding steroid dienone is 1. The molecule has 0 saturated heterocycles. The highest BCUT2D eigenvalue weighted by Gasteiger charge is 2.26. The standard InChI is InChI=1S/C9H9Cl3Si/c1-8(7-13(10,11)12)9-5-3-2-4-6-9/h2-6H,1,7H2. The highest BCUT2D eigenvalue weighted by molar-refractivity contribution is 7.65. The highest BCUT2D eigenvalue weighted by Crippen LogP contribution is 2.32. The van der Waals surface area contributed by atoms with Crippen molar-refractivity contribution in [1.82, 2.24) is 0 Å². The molecule has 70 valence electrons. The minimum Gasteiger partial charge on any atom is -0.126 e. The molecule has 0 aliphatic heterocycles. The Hall–Kier alpha value is 0.0469. The summed E-state index contributed by atoms with van der Waals surface area (Å²) in [6, 6.07) is 7.67. The molecule has 0 atom stereocenters. The summed E-state index contributed by atoms with van der Waals surface area (Å²) in [6.45, 7) is 3.89. The smallest absolute Gasteiger partial charge is 0.126 e. The first kappa shape index (κ1) is 11.1. The van der Waals surface area contributed by atoms with Crippen LogP contribution in [0.4, 0.5) is 0 Å². The summed E-state index contributed by atoms with van der Waals surface area (Å²) in [5, 5.41) is 0. The average Bonchev–Trinajstić information content (AvgIpc) is 2.03. The fraction of sp³-hybridized carbons (Fsp3) is 0.111. The molecule has 1 aromatic rings. The molecule has 0 saturated carbocycles. The number of rotatable bonds is 3. The third-order valence-corrected chi connectivity index (χ3v) is 3.63. The largest absolute Gasteiger partial charge is 0.345 e. The van der Waals surface area contributed by atoms with Crippen LogP contribution >= 0.6 is 33.2 Å². The van der Waals surface area contributed by atoms with E-state index in [0.29, 0.717) is 6.04 Å². The van der Waals surface area contributed by atoms with Crippen LogP contribution in [0.15, 0.2) is 36.9 Å². The van der Waals surface area contributed by atoms with Crippen LogP contribution in [-0.2, 0) is 0 Å². The topological polar surface area (TPSA) is 0 Å². The van der Waals surface area contributed by atoms with Crippen LogP contribution in [0, 0.1) is 0 Å². The van der Waals surface area contributed by atoms with Gasteiger partial charge in [-0.15, -0.1) is 33.2 Å². The van der Waals surface area contributed by atoms with Crippen LogP contribution in [0.25, 0.3) is 5.57 Å². The number of hydrogen-bond acceptors (Lipinski definition) is 0. The molecular formula is C9H9Cl3Si. The summed E-state index contributed by atoms with van der Waals surface area (Å²) in [7, 11) is 0. The van der Waals surface area contributed by atoms with Crippen LogP contribution in [0.3, 0.4) is 0 Å². The molecule has 0 radical (unpaired) electrons. The molecule has 0 aliphatic carbocycles. The molecule has 0 N–H and O–H groups in total. The van der Waals surface area contributed by atoms with E-state index >= 15 is 0 Å². The molecule has 13 heavy (non-hydrogen) atoms. The van der Waals surface area contributed by atoms with Gasteiger partial charge in [0.2, 0.25) is 0 Å². The molecule has 1 rings (SSSR count). The second-order valence-electron chi connectivity index (χ2n) is 2.76.